The van der Waals surface area contributed by atoms with Crippen molar-refractivity contribution in [3.63, 3.8) is 0 Å². The first-order chi connectivity index (χ1) is 8.63. The third kappa shape index (κ3) is 2.66. The predicted octanol–water partition coefficient (Wildman–Crippen LogP) is 3.03. The molecule has 0 aliphatic carbocycles. The highest BCUT2D eigenvalue weighted by Gasteiger charge is 2.28. The summed E-state index contributed by atoms with van der Waals surface area (Å²) in [6.07, 6.45) is 0. The van der Waals surface area contributed by atoms with Gasteiger partial charge in [0.05, 0.1) is 5.69 Å². The molecule has 0 bridgehead atoms. The van der Waals surface area contributed by atoms with Crippen LogP contribution in [-0.4, -0.2) is 19.6 Å². The van der Waals surface area contributed by atoms with Gasteiger partial charge in [-0.05, 0) is 30.0 Å². The molecule has 0 amide bonds. The summed E-state index contributed by atoms with van der Waals surface area (Å²) in [4.78, 5) is 2.21. The van der Waals surface area contributed by atoms with Gasteiger partial charge >= 0.3 is 0 Å². The van der Waals surface area contributed by atoms with Crippen molar-refractivity contribution >= 4 is 5.69 Å². The number of para-hydroxylation sites is 1. The van der Waals surface area contributed by atoms with Crippen molar-refractivity contribution in [3.05, 3.63) is 29.6 Å². The lowest BCUT2D eigenvalue weighted by Gasteiger charge is -2.23. The second-order valence-corrected chi connectivity index (χ2v) is 5.39. The van der Waals surface area contributed by atoms with E-state index in [1.54, 1.807) is 12.1 Å². The molecule has 1 N–H and O–H groups in total. The van der Waals surface area contributed by atoms with Gasteiger partial charge in [0.15, 0.2) is 0 Å². The molecule has 1 saturated heterocycles. The van der Waals surface area contributed by atoms with E-state index >= 15 is 0 Å². The first kappa shape index (κ1) is 13.3. The summed E-state index contributed by atoms with van der Waals surface area (Å²) in [5, 5.41) is 3.28. The van der Waals surface area contributed by atoms with E-state index in [-0.39, 0.29) is 5.82 Å². The van der Waals surface area contributed by atoms with Gasteiger partial charge in [-0.2, -0.15) is 0 Å². The van der Waals surface area contributed by atoms with Crippen LogP contribution in [0.15, 0.2) is 18.2 Å². The molecule has 100 valence electrons. The molecule has 18 heavy (non-hydrogen) atoms. The molecular formula is C15H23FN2. The highest BCUT2D eigenvalue weighted by molar-refractivity contribution is 5.55. The summed E-state index contributed by atoms with van der Waals surface area (Å²) in [6.45, 7) is 10.1. The number of anilines is 1. The first-order valence-electron chi connectivity index (χ1n) is 6.86. The monoisotopic (exact) mass is 250 g/mol. The van der Waals surface area contributed by atoms with Gasteiger partial charge in [-0.1, -0.05) is 32.9 Å². The van der Waals surface area contributed by atoms with E-state index in [4.69, 9.17) is 0 Å². The van der Waals surface area contributed by atoms with Crippen LogP contribution < -0.4 is 10.2 Å². The number of nitrogens with one attached hydrogen (secondary N) is 1. The normalized spacial score (nSPS) is 23.7. The minimum absolute atomic E-state index is 0.0910. The zero-order chi connectivity index (χ0) is 13.1. The fourth-order valence-electron chi connectivity index (χ4n) is 2.63. The molecule has 0 aromatic heterocycles. The van der Waals surface area contributed by atoms with Gasteiger partial charge in [0.1, 0.15) is 5.82 Å². The number of hydrogen-bond donors (Lipinski definition) is 1. The van der Waals surface area contributed by atoms with Crippen molar-refractivity contribution in [2.24, 2.45) is 11.8 Å². The standard InChI is InChI=1S/C15H23FN2/c1-4-17-8-13-6-5-7-14(16)15(13)18-9-11(2)12(3)10-18/h5-7,11-12,17H,4,8-10H2,1-3H3. The Morgan fingerprint density at radius 3 is 2.56 bits per heavy atom. The summed E-state index contributed by atoms with van der Waals surface area (Å²) in [6, 6.07) is 5.39. The highest BCUT2D eigenvalue weighted by Crippen LogP contribution is 2.32. The van der Waals surface area contributed by atoms with E-state index < -0.39 is 0 Å². The van der Waals surface area contributed by atoms with Gasteiger partial charge in [0.25, 0.3) is 0 Å². The predicted molar refractivity (Wildman–Crippen MR) is 74.3 cm³/mol. The molecule has 0 radical (unpaired) electrons. The van der Waals surface area contributed by atoms with Gasteiger partial charge in [-0.3, -0.25) is 0 Å². The molecule has 2 nitrogen and oxygen atoms in total. The Kier molecular flexibility index (Phi) is 4.23. The number of hydrogen-bond acceptors (Lipinski definition) is 2. The average molecular weight is 250 g/mol. The minimum atomic E-state index is -0.0910. The third-order valence-electron chi connectivity index (χ3n) is 3.94. The zero-order valence-electron chi connectivity index (χ0n) is 11.5. The van der Waals surface area contributed by atoms with E-state index in [2.05, 4.69) is 31.0 Å². The van der Waals surface area contributed by atoms with Crippen molar-refractivity contribution in [1.82, 2.24) is 5.32 Å². The molecule has 0 saturated carbocycles. The maximum Gasteiger partial charge on any atom is 0.146 e. The second-order valence-electron chi connectivity index (χ2n) is 5.39. The van der Waals surface area contributed by atoms with Gasteiger partial charge < -0.3 is 10.2 Å². The van der Waals surface area contributed by atoms with Crippen LogP contribution in [0.1, 0.15) is 26.3 Å². The molecule has 1 aromatic rings. The van der Waals surface area contributed by atoms with E-state index in [1.165, 1.54) is 0 Å². The van der Waals surface area contributed by atoms with Crippen molar-refractivity contribution in [2.75, 3.05) is 24.5 Å². The summed E-state index contributed by atoms with van der Waals surface area (Å²) in [7, 11) is 0. The summed E-state index contributed by atoms with van der Waals surface area (Å²) < 4.78 is 14.1. The number of rotatable bonds is 4. The van der Waals surface area contributed by atoms with Crippen LogP contribution in [-0.2, 0) is 6.54 Å². The second kappa shape index (κ2) is 5.70. The first-order valence-corrected chi connectivity index (χ1v) is 6.86. The molecule has 2 rings (SSSR count). The van der Waals surface area contributed by atoms with Crippen LogP contribution in [0.2, 0.25) is 0 Å². The van der Waals surface area contributed by atoms with E-state index in [0.717, 1.165) is 37.4 Å². The maximum absolute atomic E-state index is 14.1. The molecule has 2 unspecified atom stereocenters. The smallest absolute Gasteiger partial charge is 0.146 e. The number of halogens is 1. The lowest BCUT2D eigenvalue weighted by atomic mass is 10.0. The van der Waals surface area contributed by atoms with Crippen LogP contribution in [0, 0.1) is 17.7 Å². The Labute approximate surface area is 109 Å². The Bertz CT molecular complexity index is 395. The molecule has 1 aliphatic heterocycles. The fraction of sp³-hybridized carbons (Fsp3) is 0.600. The van der Waals surface area contributed by atoms with Crippen LogP contribution in [0.5, 0.6) is 0 Å². The molecule has 1 aliphatic rings. The molecule has 1 heterocycles. The minimum Gasteiger partial charge on any atom is -0.368 e. The Morgan fingerprint density at radius 1 is 1.28 bits per heavy atom. The van der Waals surface area contributed by atoms with E-state index in [0.29, 0.717) is 11.8 Å². The lowest BCUT2D eigenvalue weighted by molar-refractivity contribution is 0.494. The Balaban J connectivity index is 2.25. The average Bonchev–Trinajstić information content (AvgIpc) is 2.66. The fourth-order valence-corrected chi connectivity index (χ4v) is 2.63. The summed E-state index contributed by atoms with van der Waals surface area (Å²) >= 11 is 0. The van der Waals surface area contributed by atoms with Crippen LogP contribution >= 0.6 is 0 Å². The molecule has 0 spiro atoms. The number of nitrogens with zero attached hydrogens (tertiary/aromatic N) is 1. The summed E-state index contributed by atoms with van der Waals surface area (Å²) in [5.74, 6) is 1.18. The van der Waals surface area contributed by atoms with E-state index in [9.17, 15) is 4.39 Å². The Hall–Kier alpha value is -1.09. The Morgan fingerprint density at radius 2 is 1.94 bits per heavy atom. The zero-order valence-corrected chi connectivity index (χ0v) is 11.5. The van der Waals surface area contributed by atoms with Gasteiger partial charge in [-0.15, -0.1) is 0 Å². The highest BCUT2D eigenvalue weighted by atomic mass is 19.1. The largest absolute Gasteiger partial charge is 0.368 e. The van der Waals surface area contributed by atoms with E-state index in [1.807, 2.05) is 6.07 Å². The van der Waals surface area contributed by atoms with Crippen LogP contribution in [0.3, 0.4) is 0 Å². The maximum atomic E-state index is 14.1. The molecule has 3 heteroatoms. The SMILES string of the molecule is CCNCc1cccc(F)c1N1CC(C)C(C)C1. The molecule has 1 aromatic carbocycles. The number of benzene rings is 1. The van der Waals surface area contributed by atoms with Crippen molar-refractivity contribution in [3.8, 4) is 0 Å². The molecule has 2 atom stereocenters. The van der Waals surface area contributed by atoms with Gasteiger partial charge in [0, 0.05) is 19.6 Å². The quantitative estimate of drug-likeness (QED) is 0.883. The van der Waals surface area contributed by atoms with Crippen LogP contribution in [0.4, 0.5) is 10.1 Å². The van der Waals surface area contributed by atoms with Crippen molar-refractivity contribution in [1.29, 1.82) is 0 Å². The molecular weight excluding hydrogens is 227 g/mol. The molecule has 1 fully saturated rings. The van der Waals surface area contributed by atoms with Crippen LogP contribution in [0.25, 0.3) is 0 Å². The van der Waals surface area contributed by atoms with Gasteiger partial charge in [0.2, 0.25) is 0 Å². The topological polar surface area (TPSA) is 15.3 Å². The summed E-state index contributed by atoms with van der Waals surface area (Å²) in [5.41, 5.74) is 1.87. The van der Waals surface area contributed by atoms with Crippen molar-refractivity contribution in [2.45, 2.75) is 27.3 Å². The third-order valence-corrected chi connectivity index (χ3v) is 3.94. The van der Waals surface area contributed by atoms with Gasteiger partial charge in [-0.25, -0.2) is 4.39 Å². The van der Waals surface area contributed by atoms with Crippen molar-refractivity contribution < 1.29 is 4.39 Å². The lowest BCUT2D eigenvalue weighted by Crippen LogP contribution is -2.24.